The lowest BCUT2D eigenvalue weighted by Gasteiger charge is -2.37. The second-order valence-electron chi connectivity index (χ2n) is 7.40. The maximum atomic E-state index is 13.1. The Hall–Kier alpha value is -1.89. The first kappa shape index (κ1) is 20.4. The minimum atomic E-state index is -0.100. The number of amides is 2. The van der Waals surface area contributed by atoms with Crippen molar-refractivity contribution >= 4 is 11.8 Å². The van der Waals surface area contributed by atoms with Crippen LogP contribution in [-0.4, -0.2) is 52.2 Å². The van der Waals surface area contributed by atoms with E-state index in [9.17, 15) is 9.59 Å². The molecule has 2 amide bonds. The van der Waals surface area contributed by atoms with E-state index in [0.717, 1.165) is 42.8 Å². The van der Waals surface area contributed by atoms with Crippen molar-refractivity contribution in [3.63, 3.8) is 0 Å². The molecular weight excluding hydrogens is 330 g/mol. The fourth-order valence-electron chi connectivity index (χ4n) is 3.74. The molecule has 2 heterocycles. The Morgan fingerprint density at radius 1 is 1.35 bits per heavy atom. The molecule has 7 heteroatoms. The van der Waals surface area contributed by atoms with Crippen LogP contribution < -0.4 is 11.1 Å². The van der Waals surface area contributed by atoms with Crippen LogP contribution >= 0.6 is 0 Å². The summed E-state index contributed by atoms with van der Waals surface area (Å²) in [5, 5.41) is 7.37. The fourth-order valence-corrected chi connectivity index (χ4v) is 3.74. The summed E-state index contributed by atoms with van der Waals surface area (Å²) in [6.45, 7) is 7.67. The molecule has 0 spiro atoms. The molecule has 2 unspecified atom stereocenters. The van der Waals surface area contributed by atoms with E-state index >= 15 is 0 Å². The third kappa shape index (κ3) is 4.84. The van der Waals surface area contributed by atoms with Gasteiger partial charge in [-0.2, -0.15) is 5.10 Å². The minimum absolute atomic E-state index is 0.0415. The molecule has 1 fully saturated rings. The van der Waals surface area contributed by atoms with Gasteiger partial charge in [-0.1, -0.05) is 6.92 Å². The zero-order valence-electron chi connectivity index (χ0n) is 16.5. The van der Waals surface area contributed by atoms with Gasteiger partial charge in [0.2, 0.25) is 11.8 Å². The molecule has 7 nitrogen and oxygen atoms in total. The lowest BCUT2D eigenvalue weighted by molar-refractivity contribution is -0.139. The molecule has 1 aliphatic rings. The summed E-state index contributed by atoms with van der Waals surface area (Å²) in [5.41, 5.74) is 8.70. The molecule has 26 heavy (non-hydrogen) atoms. The molecule has 2 rings (SSSR count). The molecular formula is C19H33N5O2. The quantitative estimate of drug-likeness (QED) is 0.757. The first-order valence-corrected chi connectivity index (χ1v) is 9.61. The van der Waals surface area contributed by atoms with E-state index in [2.05, 4.69) is 10.4 Å². The lowest BCUT2D eigenvalue weighted by Crippen LogP contribution is -2.51. The fraction of sp³-hybridized carbons (Fsp3) is 0.737. The van der Waals surface area contributed by atoms with Crippen molar-refractivity contribution in [1.82, 2.24) is 20.0 Å². The Morgan fingerprint density at radius 3 is 2.69 bits per heavy atom. The van der Waals surface area contributed by atoms with Crippen molar-refractivity contribution in [2.24, 2.45) is 18.7 Å². The van der Waals surface area contributed by atoms with Crippen LogP contribution in [0.2, 0.25) is 0 Å². The van der Waals surface area contributed by atoms with Crippen LogP contribution in [0.5, 0.6) is 0 Å². The lowest BCUT2D eigenvalue weighted by atomic mass is 9.95. The van der Waals surface area contributed by atoms with Gasteiger partial charge >= 0.3 is 0 Å². The molecule has 0 saturated carbocycles. The summed E-state index contributed by atoms with van der Waals surface area (Å²) in [7, 11) is 1.93. The number of hydrogen-bond acceptors (Lipinski definition) is 4. The summed E-state index contributed by atoms with van der Waals surface area (Å²) in [6, 6.07) is 0.0801. The summed E-state index contributed by atoms with van der Waals surface area (Å²) in [5.74, 6) is 0.0301. The van der Waals surface area contributed by atoms with Crippen molar-refractivity contribution in [3.8, 4) is 0 Å². The number of nitrogens with zero attached hydrogens (tertiary/aromatic N) is 3. The topological polar surface area (TPSA) is 93.2 Å². The largest absolute Gasteiger partial charge is 0.354 e. The average Bonchev–Trinajstić information content (AvgIpc) is 2.86. The predicted octanol–water partition coefficient (Wildman–Crippen LogP) is 1.06. The molecule has 1 aliphatic heterocycles. The van der Waals surface area contributed by atoms with Gasteiger partial charge in [-0.05, 0) is 45.1 Å². The number of likely N-dealkylation sites (tertiary alicyclic amines) is 1. The number of nitrogens with two attached hydrogens (primary N) is 1. The van der Waals surface area contributed by atoms with E-state index in [-0.39, 0.29) is 23.8 Å². The van der Waals surface area contributed by atoms with Gasteiger partial charge in [0.25, 0.3) is 0 Å². The van der Waals surface area contributed by atoms with E-state index in [1.807, 2.05) is 37.4 Å². The normalized spacial score (nSPS) is 18.7. The molecule has 1 aromatic rings. The smallest absolute Gasteiger partial charge is 0.226 e. The number of nitrogens with one attached hydrogen (secondary N) is 1. The SMILES string of the molecule is Cc1nn(C)c(C)c1CC(C)C(=O)N1CCCCC1CNC(=O)CCN. The molecule has 1 saturated heterocycles. The second-order valence-corrected chi connectivity index (χ2v) is 7.40. The zero-order chi connectivity index (χ0) is 19.3. The van der Waals surface area contributed by atoms with Crippen LogP contribution in [0.4, 0.5) is 0 Å². The van der Waals surface area contributed by atoms with Crippen LogP contribution in [0, 0.1) is 19.8 Å². The Labute approximate surface area is 156 Å². The Morgan fingerprint density at radius 2 is 2.08 bits per heavy atom. The van der Waals surface area contributed by atoms with Crippen molar-refractivity contribution in [3.05, 3.63) is 17.0 Å². The van der Waals surface area contributed by atoms with Crippen LogP contribution in [0.15, 0.2) is 0 Å². The van der Waals surface area contributed by atoms with Gasteiger partial charge < -0.3 is 16.0 Å². The van der Waals surface area contributed by atoms with Gasteiger partial charge in [-0.25, -0.2) is 0 Å². The molecule has 146 valence electrons. The average molecular weight is 364 g/mol. The Kier molecular flexibility index (Phi) is 7.20. The third-order valence-electron chi connectivity index (χ3n) is 5.41. The van der Waals surface area contributed by atoms with Crippen LogP contribution in [-0.2, 0) is 23.1 Å². The standard InChI is InChI=1S/C19H33N5O2/c1-13(11-17-14(2)22-23(4)15(17)3)19(26)24-10-6-5-7-16(24)12-21-18(25)8-9-20/h13,16H,5-12,20H2,1-4H3,(H,21,25). The number of carbonyl (C=O) groups is 2. The van der Waals surface area contributed by atoms with Gasteiger partial charge in [0.15, 0.2) is 0 Å². The molecule has 2 atom stereocenters. The van der Waals surface area contributed by atoms with E-state index in [1.54, 1.807) is 0 Å². The van der Waals surface area contributed by atoms with Gasteiger partial charge in [0, 0.05) is 50.8 Å². The van der Waals surface area contributed by atoms with Crippen molar-refractivity contribution in [2.45, 2.75) is 58.9 Å². The van der Waals surface area contributed by atoms with Gasteiger partial charge in [0.05, 0.1) is 5.69 Å². The number of aryl methyl sites for hydroxylation is 2. The van der Waals surface area contributed by atoms with Crippen LogP contribution in [0.25, 0.3) is 0 Å². The number of carbonyl (C=O) groups excluding carboxylic acids is 2. The van der Waals surface area contributed by atoms with E-state index in [4.69, 9.17) is 5.73 Å². The van der Waals surface area contributed by atoms with Crippen LogP contribution in [0.3, 0.4) is 0 Å². The Bertz CT molecular complexity index is 640. The van der Waals surface area contributed by atoms with Gasteiger partial charge in [-0.3, -0.25) is 14.3 Å². The first-order chi connectivity index (χ1) is 12.3. The van der Waals surface area contributed by atoms with E-state index in [1.165, 1.54) is 0 Å². The molecule has 3 N–H and O–H groups in total. The molecule has 0 radical (unpaired) electrons. The summed E-state index contributed by atoms with van der Waals surface area (Å²) >= 11 is 0. The van der Waals surface area contributed by atoms with Crippen molar-refractivity contribution < 1.29 is 9.59 Å². The van der Waals surface area contributed by atoms with Crippen molar-refractivity contribution in [1.29, 1.82) is 0 Å². The summed E-state index contributed by atoms with van der Waals surface area (Å²) < 4.78 is 1.87. The summed E-state index contributed by atoms with van der Waals surface area (Å²) in [4.78, 5) is 26.8. The zero-order valence-corrected chi connectivity index (χ0v) is 16.5. The number of piperidine rings is 1. The first-order valence-electron chi connectivity index (χ1n) is 9.61. The Balaban J connectivity index is 2.01. The van der Waals surface area contributed by atoms with Crippen LogP contribution in [0.1, 0.15) is 49.6 Å². The maximum absolute atomic E-state index is 13.1. The highest BCUT2D eigenvalue weighted by Crippen LogP contribution is 2.23. The summed E-state index contributed by atoms with van der Waals surface area (Å²) in [6.07, 6.45) is 4.09. The predicted molar refractivity (Wildman–Crippen MR) is 102 cm³/mol. The molecule has 0 aliphatic carbocycles. The minimum Gasteiger partial charge on any atom is -0.354 e. The highest BCUT2D eigenvalue weighted by molar-refractivity contribution is 5.80. The van der Waals surface area contributed by atoms with E-state index < -0.39 is 0 Å². The number of rotatable bonds is 7. The second kappa shape index (κ2) is 9.16. The molecule has 0 bridgehead atoms. The maximum Gasteiger partial charge on any atom is 0.226 e. The number of aromatic nitrogens is 2. The van der Waals surface area contributed by atoms with E-state index in [0.29, 0.717) is 25.9 Å². The molecule has 0 aromatic carbocycles. The monoisotopic (exact) mass is 363 g/mol. The highest BCUT2D eigenvalue weighted by Gasteiger charge is 2.30. The van der Waals surface area contributed by atoms with Gasteiger partial charge in [-0.15, -0.1) is 0 Å². The van der Waals surface area contributed by atoms with Gasteiger partial charge in [0.1, 0.15) is 0 Å². The third-order valence-corrected chi connectivity index (χ3v) is 5.41. The van der Waals surface area contributed by atoms with Crippen molar-refractivity contribution in [2.75, 3.05) is 19.6 Å². The highest BCUT2D eigenvalue weighted by atomic mass is 16.2. The molecule has 1 aromatic heterocycles. The number of hydrogen-bond donors (Lipinski definition) is 2.